The molecule has 1 aromatic carbocycles. The maximum absolute atomic E-state index is 10.5. The first-order valence-corrected chi connectivity index (χ1v) is 14.2. The summed E-state index contributed by atoms with van der Waals surface area (Å²) in [4.78, 5) is 8.78. The number of alkyl halides is 3. The second kappa shape index (κ2) is 8.58. The molecule has 0 aliphatic heterocycles. The number of carbonyl (C=O) groups excluding carboxylic acids is 1. The van der Waals surface area contributed by atoms with Gasteiger partial charge in [0.2, 0.25) is 0 Å². The molecule has 0 saturated heterocycles. The highest BCUT2D eigenvalue weighted by Crippen LogP contribution is 2.73. The first-order chi connectivity index (χ1) is 16.9. The maximum atomic E-state index is 10.5. The molecule has 0 N–H and O–H groups in total. The minimum atomic E-state index is -5.19. The average molecular weight is 521 g/mol. The molecule has 0 aromatic heterocycles. The lowest BCUT2D eigenvalue weighted by atomic mass is 9.37. The van der Waals surface area contributed by atoms with Crippen molar-refractivity contribution in [3.63, 3.8) is 0 Å². The third kappa shape index (κ3) is 4.25. The van der Waals surface area contributed by atoms with Gasteiger partial charge >= 0.3 is 6.18 Å². The van der Waals surface area contributed by atoms with Crippen LogP contribution in [0, 0.1) is 59.2 Å². The minimum absolute atomic E-state index is 0.527. The summed E-state index contributed by atoms with van der Waals surface area (Å²) in [5.74, 6) is 5.13. The zero-order valence-electron chi connectivity index (χ0n) is 21.0. The first-order valence-electron chi connectivity index (χ1n) is 13.9. The van der Waals surface area contributed by atoms with E-state index in [0.717, 1.165) is 40.5 Å². The minimum Gasteiger partial charge on any atom is -0.542 e. The summed E-state index contributed by atoms with van der Waals surface area (Å²) in [7, 11) is 0. The van der Waals surface area contributed by atoms with Gasteiger partial charge in [0.1, 0.15) is 11.5 Å². The van der Waals surface area contributed by atoms with Crippen LogP contribution < -0.4 is 5.11 Å². The number of aryl methyl sites for hydroxylation is 1. The molecule has 8 fully saturated rings. The third-order valence-electron chi connectivity index (χ3n) is 10.8. The van der Waals surface area contributed by atoms with Gasteiger partial charge < -0.3 is 9.90 Å². The van der Waals surface area contributed by atoms with Gasteiger partial charge in [0.15, 0.2) is 0 Å². The Morgan fingerprint density at radius 3 is 1.44 bits per heavy atom. The number of benzene rings is 1. The number of carboxylic acid groups (broad SMARTS) is 1. The number of aliphatic carboxylic acids is 1. The van der Waals surface area contributed by atoms with Crippen LogP contribution in [0.2, 0.25) is 5.02 Å². The lowest BCUT2D eigenvalue weighted by Crippen LogP contribution is -2.57. The zero-order chi connectivity index (χ0) is 25.5. The van der Waals surface area contributed by atoms with E-state index in [0.29, 0.717) is 10.8 Å². The van der Waals surface area contributed by atoms with Crippen molar-refractivity contribution in [2.45, 2.75) is 90.1 Å². The fourth-order valence-corrected chi connectivity index (χ4v) is 11.1. The molecule has 0 amide bonds. The van der Waals surface area contributed by atoms with Crippen LogP contribution in [0.4, 0.5) is 13.2 Å². The summed E-state index contributed by atoms with van der Waals surface area (Å²) in [6.07, 6.45) is 13.2. The number of halogens is 4. The van der Waals surface area contributed by atoms with E-state index in [1.54, 1.807) is 44.1 Å². The summed E-state index contributed by atoms with van der Waals surface area (Å²) in [6, 6.07) is 6.91. The van der Waals surface area contributed by atoms with Crippen LogP contribution in [0.15, 0.2) is 18.2 Å². The molecular formula is C30H36ClF3O2. The van der Waals surface area contributed by atoms with Gasteiger partial charge in [0, 0.05) is 41.9 Å². The third-order valence-corrected chi connectivity index (χ3v) is 11.1. The van der Waals surface area contributed by atoms with E-state index in [9.17, 15) is 13.2 Å². The maximum Gasteiger partial charge on any atom is 0.430 e. The molecule has 0 atom stereocenters. The lowest BCUT2D eigenvalue weighted by Gasteiger charge is -2.64. The van der Waals surface area contributed by atoms with E-state index in [2.05, 4.69) is 25.1 Å². The van der Waals surface area contributed by atoms with Crippen LogP contribution in [0.25, 0.3) is 0 Å². The van der Waals surface area contributed by atoms with Gasteiger partial charge in [-0.1, -0.05) is 11.6 Å². The smallest absolute Gasteiger partial charge is 0.430 e. The van der Waals surface area contributed by atoms with Crippen LogP contribution in [0.5, 0.6) is 0 Å². The number of hydrogen-bond donors (Lipinski definition) is 0. The van der Waals surface area contributed by atoms with Gasteiger partial charge in [0.25, 0.3) is 0 Å². The van der Waals surface area contributed by atoms with Gasteiger partial charge in [-0.3, -0.25) is 0 Å². The van der Waals surface area contributed by atoms with Crippen LogP contribution in [0.1, 0.15) is 88.2 Å². The normalized spacial score (nSPS) is 41.7. The van der Waals surface area contributed by atoms with Crippen LogP contribution in [-0.2, 0) is 4.79 Å². The van der Waals surface area contributed by atoms with Gasteiger partial charge in [-0.15, -0.1) is 0 Å². The summed E-state index contributed by atoms with van der Waals surface area (Å²) >= 11 is 6.45. The van der Waals surface area contributed by atoms with Gasteiger partial charge in [0.05, 0.1) is 10.6 Å². The van der Waals surface area contributed by atoms with Gasteiger partial charge in [-0.05, 0) is 113 Å². The molecule has 8 aliphatic carbocycles. The molecule has 196 valence electrons. The van der Waals surface area contributed by atoms with Crippen LogP contribution >= 0.6 is 11.6 Å². The van der Waals surface area contributed by atoms with Crippen molar-refractivity contribution in [2.24, 2.45) is 46.3 Å². The molecule has 8 saturated carbocycles. The van der Waals surface area contributed by atoms with Crippen LogP contribution in [-0.4, -0.2) is 12.1 Å². The average Bonchev–Trinajstić information content (AvgIpc) is 2.73. The largest absolute Gasteiger partial charge is 0.542 e. The summed E-state index contributed by atoms with van der Waals surface area (Å²) in [5, 5.41) is 9.70. The second-order valence-electron chi connectivity index (χ2n) is 13.5. The topological polar surface area (TPSA) is 40.1 Å². The Hall–Kier alpha value is -1.36. The van der Waals surface area contributed by atoms with Crippen molar-refractivity contribution in [1.29, 1.82) is 0 Å². The van der Waals surface area contributed by atoms with Crippen molar-refractivity contribution in [1.82, 2.24) is 0 Å². The van der Waals surface area contributed by atoms with Crippen molar-refractivity contribution in [3.05, 3.63) is 40.3 Å². The van der Waals surface area contributed by atoms with E-state index in [-0.39, 0.29) is 0 Å². The van der Waals surface area contributed by atoms with Crippen molar-refractivity contribution in [3.8, 4) is 0 Å². The molecule has 36 heavy (non-hydrogen) atoms. The SMILES string of the molecule is Cc1cc(Cl)ccc1[C+](C12CC3CC(CC(C3)C1)C2)C12CC3CC(CC(C3)C1)C2.O=C([O-])C(F)(F)F. The Balaban J connectivity index is 0.000000305. The molecule has 8 bridgehead atoms. The number of hydrogen-bond acceptors (Lipinski definition) is 2. The predicted octanol–water partition coefficient (Wildman–Crippen LogP) is 7.30. The summed E-state index contributed by atoms with van der Waals surface area (Å²) in [5.41, 5.74) is 4.15. The van der Waals surface area contributed by atoms with Gasteiger partial charge in [-0.25, -0.2) is 0 Å². The highest BCUT2D eigenvalue weighted by atomic mass is 35.5. The Morgan fingerprint density at radius 1 is 0.833 bits per heavy atom. The Bertz CT molecular complexity index is 917. The molecule has 0 heterocycles. The van der Waals surface area contributed by atoms with Crippen molar-refractivity contribution >= 4 is 17.6 Å². The molecule has 9 rings (SSSR count). The fourth-order valence-electron chi connectivity index (χ4n) is 10.9. The second-order valence-corrected chi connectivity index (χ2v) is 14.0. The molecule has 0 unspecified atom stereocenters. The Morgan fingerprint density at radius 2 is 1.17 bits per heavy atom. The van der Waals surface area contributed by atoms with E-state index >= 15 is 0 Å². The molecule has 2 nitrogen and oxygen atoms in total. The molecule has 0 radical (unpaired) electrons. The van der Waals surface area contributed by atoms with E-state index in [1.807, 2.05) is 5.92 Å². The molecule has 6 heteroatoms. The highest BCUT2D eigenvalue weighted by molar-refractivity contribution is 6.30. The van der Waals surface area contributed by atoms with Crippen LogP contribution in [0.3, 0.4) is 0 Å². The molecule has 8 aliphatic rings. The Kier molecular flexibility index (Phi) is 5.94. The van der Waals surface area contributed by atoms with E-state index in [4.69, 9.17) is 21.5 Å². The van der Waals surface area contributed by atoms with Crippen molar-refractivity contribution < 1.29 is 23.1 Å². The highest BCUT2D eigenvalue weighted by Gasteiger charge is 2.66. The molecular weight excluding hydrogens is 485 g/mol. The van der Waals surface area contributed by atoms with Gasteiger partial charge in [-0.2, -0.15) is 13.2 Å². The first kappa shape index (κ1) is 24.9. The number of carboxylic acids is 1. The summed E-state index contributed by atoms with van der Waals surface area (Å²) < 4.78 is 31.5. The standard InChI is InChI=1S/C28H36Cl.C2HF3O2/c1-17-4-24(29)2-3-25(17)26(27-11-18-5-19(12-27)7-20(6-18)13-27)28-14-21-8-22(15-28)10-23(9-21)16-28;3-2(4,5)1(6)7/h2-4,18-23H,5-16H2,1H3;(H,6,7)/q+1;/p-1. The monoisotopic (exact) mass is 520 g/mol. The van der Waals surface area contributed by atoms with E-state index in [1.165, 1.54) is 44.1 Å². The lowest BCUT2D eigenvalue weighted by molar-refractivity contribution is -0.344. The zero-order valence-corrected chi connectivity index (χ0v) is 21.8. The van der Waals surface area contributed by atoms with E-state index < -0.39 is 12.1 Å². The number of rotatable bonds is 3. The summed E-state index contributed by atoms with van der Waals surface area (Å²) in [6.45, 7) is 2.35. The van der Waals surface area contributed by atoms with Crippen molar-refractivity contribution in [2.75, 3.05) is 0 Å². The number of carbonyl (C=O) groups is 1. The molecule has 0 spiro atoms. The molecule has 1 aromatic rings. The fraction of sp³-hybridized carbons (Fsp3) is 0.733. The quantitative estimate of drug-likeness (QED) is 0.392. The predicted molar refractivity (Wildman–Crippen MR) is 131 cm³/mol. The Labute approximate surface area is 217 Å².